The standard InChI is InChI=1S/C15H15FN4OS/c16-22(10-17)13(11-4-2-1-3-5-11)9-19-15(22)20-14(21)12-6-7-18-8-12/h1-5,9,12,18H,6-8H2,(H,19,20,21). The van der Waals surface area contributed by atoms with Crippen LogP contribution in [0.25, 0.3) is 4.91 Å². The van der Waals surface area contributed by atoms with E-state index < -0.39 is 10.4 Å². The van der Waals surface area contributed by atoms with E-state index in [4.69, 9.17) is 0 Å². The molecule has 1 aromatic carbocycles. The van der Waals surface area contributed by atoms with Gasteiger partial charge in [-0.3, -0.25) is 4.79 Å². The molecule has 1 aromatic rings. The highest BCUT2D eigenvalue weighted by Gasteiger charge is 2.41. The highest BCUT2D eigenvalue weighted by Crippen LogP contribution is 2.63. The Morgan fingerprint density at radius 3 is 2.86 bits per heavy atom. The second kappa shape index (κ2) is 5.91. The highest BCUT2D eigenvalue weighted by molar-refractivity contribution is 8.51. The van der Waals surface area contributed by atoms with Gasteiger partial charge in [-0.15, -0.1) is 0 Å². The van der Waals surface area contributed by atoms with E-state index in [1.807, 2.05) is 6.07 Å². The Morgan fingerprint density at radius 2 is 2.23 bits per heavy atom. The maximum atomic E-state index is 15.2. The summed E-state index contributed by atoms with van der Waals surface area (Å²) in [5.74, 6) is -0.484. The van der Waals surface area contributed by atoms with Gasteiger partial charge in [0.05, 0.1) is 21.2 Å². The summed E-state index contributed by atoms with van der Waals surface area (Å²) in [7, 11) is -3.44. The van der Waals surface area contributed by atoms with Crippen LogP contribution in [0.3, 0.4) is 0 Å². The average molecular weight is 318 g/mol. The quantitative estimate of drug-likeness (QED) is 0.821. The first-order valence-corrected chi connectivity index (χ1v) is 8.47. The number of benzene rings is 1. The largest absolute Gasteiger partial charge is 0.316 e. The Kier molecular flexibility index (Phi) is 3.96. The number of nitrogens with one attached hydrogen (secondary N) is 2. The Labute approximate surface area is 129 Å². The molecule has 0 bridgehead atoms. The Hall–Kier alpha value is -2.17. The normalized spacial score (nSPS) is 29.9. The third-order valence-electron chi connectivity index (χ3n) is 3.71. The molecule has 22 heavy (non-hydrogen) atoms. The number of nitriles is 1. The monoisotopic (exact) mass is 318 g/mol. The van der Waals surface area contributed by atoms with Crippen LogP contribution in [0, 0.1) is 16.6 Å². The van der Waals surface area contributed by atoms with Crippen LogP contribution < -0.4 is 10.6 Å². The molecule has 2 heterocycles. The van der Waals surface area contributed by atoms with E-state index in [1.54, 1.807) is 29.7 Å². The lowest BCUT2D eigenvalue weighted by Crippen LogP contribution is -2.37. The number of amidine groups is 1. The lowest BCUT2D eigenvalue weighted by molar-refractivity contribution is -0.122. The molecule has 1 fully saturated rings. The first-order chi connectivity index (χ1) is 10.6. The molecule has 7 heteroatoms. The van der Waals surface area contributed by atoms with Gasteiger partial charge in [0.15, 0.2) is 10.6 Å². The van der Waals surface area contributed by atoms with E-state index in [-0.39, 0.29) is 21.9 Å². The molecule has 2 aliphatic rings. The molecule has 0 aliphatic carbocycles. The smallest absolute Gasteiger partial charge is 0.230 e. The predicted octanol–water partition coefficient (Wildman–Crippen LogP) is 2.25. The molecule has 2 atom stereocenters. The van der Waals surface area contributed by atoms with E-state index in [9.17, 15) is 10.1 Å². The Bertz CT molecular complexity index is 691. The molecule has 3 rings (SSSR count). The van der Waals surface area contributed by atoms with Gasteiger partial charge in [-0.1, -0.05) is 30.3 Å². The third-order valence-corrected chi connectivity index (χ3v) is 5.65. The SMILES string of the molecule is N#CS1(F)C(c2ccccc2)=CN=C1NC(=O)C1CCNC1. The summed E-state index contributed by atoms with van der Waals surface area (Å²) in [6.07, 6.45) is 2.05. The minimum atomic E-state index is -3.44. The molecule has 2 aliphatic heterocycles. The van der Waals surface area contributed by atoms with Crippen molar-refractivity contribution in [3.05, 3.63) is 42.1 Å². The van der Waals surface area contributed by atoms with Gasteiger partial charge >= 0.3 is 0 Å². The van der Waals surface area contributed by atoms with Crippen molar-refractivity contribution in [1.29, 1.82) is 5.26 Å². The maximum Gasteiger partial charge on any atom is 0.230 e. The van der Waals surface area contributed by atoms with Crippen molar-refractivity contribution in [2.24, 2.45) is 10.9 Å². The van der Waals surface area contributed by atoms with E-state index >= 15 is 3.89 Å². The number of halogens is 1. The first-order valence-electron chi connectivity index (χ1n) is 6.94. The zero-order valence-electron chi connectivity index (χ0n) is 11.8. The summed E-state index contributed by atoms with van der Waals surface area (Å²) >= 11 is 0. The lowest BCUT2D eigenvalue weighted by Gasteiger charge is -2.23. The lowest BCUT2D eigenvalue weighted by atomic mass is 10.1. The Balaban J connectivity index is 1.80. The summed E-state index contributed by atoms with van der Waals surface area (Å²) in [5, 5.41) is 16.5. The number of carbonyl (C=O) groups is 1. The third kappa shape index (κ3) is 2.51. The highest BCUT2D eigenvalue weighted by atomic mass is 32.3. The van der Waals surface area contributed by atoms with E-state index in [2.05, 4.69) is 15.6 Å². The number of hydrogen-bond acceptors (Lipinski definition) is 4. The van der Waals surface area contributed by atoms with Gasteiger partial charge in [-0.25, -0.2) is 4.99 Å². The molecule has 0 aromatic heterocycles. The predicted molar refractivity (Wildman–Crippen MR) is 85.3 cm³/mol. The van der Waals surface area contributed by atoms with Gasteiger partial charge in [-0.05, 0) is 18.5 Å². The fraction of sp³-hybridized carbons (Fsp3) is 0.267. The number of hydrogen-bond donors (Lipinski definition) is 2. The van der Waals surface area contributed by atoms with E-state index in [0.717, 1.165) is 6.54 Å². The van der Waals surface area contributed by atoms with Gasteiger partial charge in [0, 0.05) is 12.7 Å². The Morgan fingerprint density at radius 1 is 1.45 bits per heavy atom. The van der Waals surface area contributed by atoms with Crippen molar-refractivity contribution in [1.82, 2.24) is 10.6 Å². The molecular formula is C15H15FN4OS. The van der Waals surface area contributed by atoms with Crippen LogP contribution in [-0.2, 0) is 4.79 Å². The number of aliphatic imine (C=N–C) groups is 1. The van der Waals surface area contributed by atoms with Crippen LogP contribution >= 0.6 is 10.4 Å². The van der Waals surface area contributed by atoms with Crippen LogP contribution in [-0.4, -0.2) is 24.2 Å². The summed E-state index contributed by atoms with van der Waals surface area (Å²) in [6.45, 7) is 1.34. The fourth-order valence-corrected chi connectivity index (χ4v) is 3.98. The van der Waals surface area contributed by atoms with Gasteiger partial charge < -0.3 is 10.6 Å². The fourth-order valence-electron chi connectivity index (χ4n) is 2.49. The summed E-state index contributed by atoms with van der Waals surface area (Å²) < 4.78 is 15.2. The zero-order chi connectivity index (χ0) is 15.6. The molecule has 1 amide bonds. The van der Waals surface area contributed by atoms with Crippen LogP contribution in [0.15, 0.2) is 41.5 Å². The second-order valence-electron chi connectivity index (χ2n) is 5.10. The first kappa shape index (κ1) is 14.8. The van der Waals surface area contributed by atoms with Crippen LogP contribution in [0.2, 0.25) is 0 Å². The molecule has 0 saturated carbocycles. The van der Waals surface area contributed by atoms with Crippen LogP contribution in [0.5, 0.6) is 0 Å². The van der Waals surface area contributed by atoms with Crippen molar-refractivity contribution in [2.75, 3.05) is 13.1 Å². The van der Waals surface area contributed by atoms with E-state index in [1.165, 1.54) is 6.20 Å². The van der Waals surface area contributed by atoms with E-state index in [0.29, 0.717) is 18.5 Å². The number of carbonyl (C=O) groups excluding carboxylic acids is 1. The molecule has 5 nitrogen and oxygen atoms in total. The van der Waals surface area contributed by atoms with Gasteiger partial charge in [0.2, 0.25) is 5.91 Å². The number of thiocyanates is 1. The van der Waals surface area contributed by atoms with Crippen LogP contribution in [0.4, 0.5) is 3.89 Å². The number of amides is 1. The molecule has 2 unspecified atom stereocenters. The minimum Gasteiger partial charge on any atom is -0.316 e. The van der Waals surface area contributed by atoms with Gasteiger partial charge in [0.1, 0.15) is 0 Å². The molecule has 1 saturated heterocycles. The number of nitrogens with zero attached hydrogens (tertiary/aromatic N) is 2. The second-order valence-corrected chi connectivity index (χ2v) is 7.19. The van der Waals surface area contributed by atoms with Crippen LogP contribution in [0.1, 0.15) is 12.0 Å². The summed E-state index contributed by atoms with van der Waals surface area (Å²) in [6, 6.07) is 8.82. The topological polar surface area (TPSA) is 77.3 Å². The average Bonchev–Trinajstić information content (AvgIpc) is 3.18. The van der Waals surface area contributed by atoms with Crippen molar-refractivity contribution in [3.63, 3.8) is 0 Å². The van der Waals surface area contributed by atoms with Gasteiger partial charge in [0.25, 0.3) is 0 Å². The summed E-state index contributed by atoms with van der Waals surface area (Å²) in [5.41, 5.74) is 0.608. The van der Waals surface area contributed by atoms with Crippen molar-refractivity contribution in [3.8, 4) is 5.40 Å². The molecule has 0 spiro atoms. The zero-order valence-corrected chi connectivity index (χ0v) is 12.6. The van der Waals surface area contributed by atoms with Crippen molar-refractivity contribution >= 4 is 26.4 Å². The summed E-state index contributed by atoms with van der Waals surface area (Å²) in [4.78, 5) is 16.3. The molecule has 114 valence electrons. The number of rotatable bonds is 2. The van der Waals surface area contributed by atoms with Crippen molar-refractivity contribution in [2.45, 2.75) is 6.42 Å². The maximum absolute atomic E-state index is 15.2. The van der Waals surface area contributed by atoms with Gasteiger partial charge in [-0.2, -0.15) is 9.15 Å². The van der Waals surface area contributed by atoms with Crippen molar-refractivity contribution < 1.29 is 8.68 Å². The molecular weight excluding hydrogens is 303 g/mol. The molecule has 2 N–H and O–H groups in total. The minimum absolute atomic E-state index is 0.161. The molecule has 0 radical (unpaired) electrons.